The highest BCUT2D eigenvalue weighted by molar-refractivity contribution is 5.85. The van der Waals surface area contributed by atoms with E-state index in [1.807, 2.05) is 6.92 Å². The topological polar surface area (TPSA) is 81.4 Å². The number of nitrogens with two attached hydrogens (primary N) is 1. The van der Waals surface area contributed by atoms with Gasteiger partial charge in [0.25, 0.3) is 0 Å². The van der Waals surface area contributed by atoms with Gasteiger partial charge in [-0.2, -0.15) is 0 Å². The van der Waals surface area contributed by atoms with Gasteiger partial charge in [0, 0.05) is 12.1 Å². The first-order chi connectivity index (χ1) is 8.70. The molecule has 20 heavy (non-hydrogen) atoms. The molecule has 0 bridgehead atoms. The number of carbonyl (C=O) groups is 2. The zero-order valence-electron chi connectivity index (χ0n) is 12.8. The first kappa shape index (κ1) is 19.2. The molecule has 0 spiro atoms. The van der Waals surface area contributed by atoms with E-state index in [0.29, 0.717) is 0 Å². The molecular formula is C14H27ClN2O3. The number of hydrogen-bond acceptors (Lipinski definition) is 4. The number of carbonyl (C=O) groups excluding carboxylic acids is 2. The minimum absolute atomic E-state index is 0. The molecule has 0 aromatic heterocycles. The van der Waals surface area contributed by atoms with Crippen LogP contribution in [0.1, 0.15) is 46.5 Å². The predicted octanol–water partition coefficient (Wildman–Crippen LogP) is 1.63. The van der Waals surface area contributed by atoms with Gasteiger partial charge in [0.2, 0.25) is 5.91 Å². The van der Waals surface area contributed by atoms with Crippen molar-refractivity contribution in [2.75, 3.05) is 13.7 Å². The average molecular weight is 307 g/mol. The van der Waals surface area contributed by atoms with Gasteiger partial charge in [0.15, 0.2) is 0 Å². The molecule has 118 valence electrons. The van der Waals surface area contributed by atoms with E-state index in [9.17, 15) is 9.59 Å². The van der Waals surface area contributed by atoms with Gasteiger partial charge < -0.3 is 15.8 Å². The van der Waals surface area contributed by atoms with Crippen molar-refractivity contribution < 1.29 is 14.3 Å². The molecule has 0 radical (unpaired) electrons. The third-order valence-corrected chi connectivity index (χ3v) is 4.01. The molecular weight excluding hydrogens is 280 g/mol. The zero-order chi connectivity index (χ0) is 14.7. The molecule has 0 heterocycles. The second-order valence-corrected chi connectivity index (χ2v) is 6.40. The van der Waals surface area contributed by atoms with Gasteiger partial charge in [-0.3, -0.25) is 9.59 Å². The van der Waals surface area contributed by atoms with Crippen LogP contribution in [0.15, 0.2) is 0 Å². The summed E-state index contributed by atoms with van der Waals surface area (Å²) in [6.07, 6.45) is 3.79. The Morgan fingerprint density at radius 2 is 2.00 bits per heavy atom. The second kappa shape index (κ2) is 7.27. The number of ether oxygens (including phenoxy) is 1. The Morgan fingerprint density at radius 3 is 2.50 bits per heavy atom. The summed E-state index contributed by atoms with van der Waals surface area (Å²) in [5.74, 6) is -0.552. The molecule has 1 aliphatic carbocycles. The van der Waals surface area contributed by atoms with Crippen molar-refractivity contribution in [3.63, 3.8) is 0 Å². The summed E-state index contributed by atoms with van der Waals surface area (Å²) in [5.41, 5.74) is 5.03. The highest BCUT2D eigenvalue weighted by atomic mass is 35.5. The van der Waals surface area contributed by atoms with Gasteiger partial charge in [-0.1, -0.05) is 12.8 Å². The summed E-state index contributed by atoms with van der Waals surface area (Å²) in [6, 6.07) is 0. The largest absolute Gasteiger partial charge is 0.469 e. The maximum absolute atomic E-state index is 12.2. The summed E-state index contributed by atoms with van der Waals surface area (Å²) >= 11 is 0. The average Bonchev–Trinajstić information content (AvgIpc) is 2.34. The van der Waals surface area contributed by atoms with E-state index in [1.165, 1.54) is 7.11 Å². The zero-order valence-corrected chi connectivity index (χ0v) is 13.6. The highest BCUT2D eigenvalue weighted by Crippen LogP contribution is 2.31. The monoisotopic (exact) mass is 306 g/mol. The smallest absolute Gasteiger partial charge is 0.313 e. The van der Waals surface area contributed by atoms with Crippen molar-refractivity contribution >= 4 is 24.3 Å². The molecule has 5 nitrogen and oxygen atoms in total. The number of hydrogen-bond donors (Lipinski definition) is 2. The van der Waals surface area contributed by atoms with E-state index in [0.717, 1.165) is 25.7 Å². The fraction of sp³-hybridized carbons (Fsp3) is 0.857. The lowest BCUT2D eigenvalue weighted by Gasteiger charge is -2.37. The second-order valence-electron chi connectivity index (χ2n) is 6.40. The number of rotatable bonds is 4. The summed E-state index contributed by atoms with van der Waals surface area (Å²) < 4.78 is 4.72. The van der Waals surface area contributed by atoms with Crippen molar-refractivity contribution in [2.45, 2.75) is 52.0 Å². The Labute approximate surface area is 127 Å². The van der Waals surface area contributed by atoms with Crippen molar-refractivity contribution in [3.8, 4) is 0 Å². The van der Waals surface area contributed by atoms with Crippen molar-refractivity contribution in [2.24, 2.45) is 17.1 Å². The summed E-state index contributed by atoms with van der Waals surface area (Å²) in [4.78, 5) is 23.8. The molecule has 0 aromatic rings. The maximum Gasteiger partial charge on any atom is 0.313 e. The van der Waals surface area contributed by atoms with E-state index >= 15 is 0 Å². The van der Waals surface area contributed by atoms with Gasteiger partial charge in [-0.05, 0) is 33.6 Å². The predicted molar refractivity (Wildman–Crippen MR) is 80.6 cm³/mol. The van der Waals surface area contributed by atoms with E-state index < -0.39 is 11.0 Å². The van der Waals surface area contributed by atoms with Crippen molar-refractivity contribution in [1.82, 2.24) is 5.32 Å². The number of esters is 1. The number of nitrogens with one attached hydrogen (secondary N) is 1. The molecule has 2 unspecified atom stereocenters. The van der Waals surface area contributed by atoms with E-state index in [-0.39, 0.29) is 36.7 Å². The van der Waals surface area contributed by atoms with Crippen LogP contribution in [0.4, 0.5) is 0 Å². The lowest BCUT2D eigenvalue weighted by molar-refractivity contribution is -0.150. The van der Waals surface area contributed by atoms with E-state index in [2.05, 4.69) is 5.32 Å². The Bertz CT molecular complexity index is 356. The summed E-state index contributed by atoms with van der Waals surface area (Å²) in [6.45, 7) is 5.70. The summed E-state index contributed by atoms with van der Waals surface area (Å²) in [7, 11) is 1.35. The van der Waals surface area contributed by atoms with Crippen LogP contribution in [0.25, 0.3) is 0 Å². The van der Waals surface area contributed by atoms with Gasteiger partial charge in [0.1, 0.15) is 0 Å². The molecule has 1 amide bonds. The molecule has 2 atom stereocenters. The first-order valence-corrected chi connectivity index (χ1v) is 6.86. The number of methoxy groups -OCH3 is 1. The molecule has 6 heteroatoms. The minimum atomic E-state index is -0.718. The van der Waals surface area contributed by atoms with Crippen LogP contribution in [0.3, 0.4) is 0 Å². The van der Waals surface area contributed by atoms with Crippen LogP contribution < -0.4 is 11.1 Å². The van der Waals surface area contributed by atoms with Crippen LogP contribution in [-0.2, 0) is 14.3 Å². The fourth-order valence-electron chi connectivity index (χ4n) is 2.57. The Morgan fingerprint density at radius 1 is 1.40 bits per heavy atom. The van der Waals surface area contributed by atoms with E-state index in [4.69, 9.17) is 10.5 Å². The van der Waals surface area contributed by atoms with Gasteiger partial charge in [-0.25, -0.2) is 0 Å². The van der Waals surface area contributed by atoms with Crippen molar-refractivity contribution in [3.05, 3.63) is 0 Å². The van der Waals surface area contributed by atoms with Gasteiger partial charge >= 0.3 is 5.97 Å². The standard InChI is InChI=1S/C14H26N2O3.ClH/c1-13(2,12(18)19-4)9-16-11(17)10-7-5-6-8-14(10,3)15;/h10H,5-9,15H2,1-4H3,(H,16,17);1H. The third kappa shape index (κ3) is 4.63. The fourth-order valence-corrected chi connectivity index (χ4v) is 2.57. The Balaban J connectivity index is 0.00000361. The molecule has 3 N–H and O–H groups in total. The third-order valence-electron chi connectivity index (χ3n) is 4.01. The molecule has 0 aliphatic heterocycles. The quantitative estimate of drug-likeness (QED) is 0.774. The van der Waals surface area contributed by atoms with Crippen LogP contribution in [0.5, 0.6) is 0 Å². The van der Waals surface area contributed by atoms with Crippen LogP contribution in [0, 0.1) is 11.3 Å². The van der Waals surface area contributed by atoms with Crippen LogP contribution in [0.2, 0.25) is 0 Å². The van der Waals surface area contributed by atoms with Crippen LogP contribution >= 0.6 is 12.4 Å². The van der Waals surface area contributed by atoms with Crippen LogP contribution in [-0.4, -0.2) is 31.1 Å². The molecule has 0 saturated heterocycles. The minimum Gasteiger partial charge on any atom is -0.469 e. The SMILES string of the molecule is COC(=O)C(C)(C)CNC(=O)C1CCCCC1(C)N.Cl. The maximum atomic E-state index is 12.2. The molecule has 0 aromatic carbocycles. The normalized spacial score (nSPS) is 26.4. The number of amides is 1. The molecule has 1 rings (SSSR count). The van der Waals surface area contributed by atoms with Gasteiger partial charge in [-0.15, -0.1) is 12.4 Å². The van der Waals surface area contributed by atoms with E-state index in [1.54, 1.807) is 13.8 Å². The summed E-state index contributed by atoms with van der Waals surface area (Å²) in [5, 5.41) is 2.84. The molecule has 1 aliphatic rings. The Hall–Kier alpha value is -0.810. The first-order valence-electron chi connectivity index (χ1n) is 6.86. The lowest BCUT2D eigenvalue weighted by atomic mass is 9.74. The highest BCUT2D eigenvalue weighted by Gasteiger charge is 2.38. The van der Waals surface area contributed by atoms with Gasteiger partial charge in [0.05, 0.1) is 18.4 Å². The lowest BCUT2D eigenvalue weighted by Crippen LogP contribution is -2.54. The molecule has 1 fully saturated rings. The Kier molecular flexibility index (Phi) is 6.98. The number of halogens is 1. The molecule has 1 saturated carbocycles. The van der Waals surface area contributed by atoms with Crippen molar-refractivity contribution in [1.29, 1.82) is 0 Å².